The van der Waals surface area contributed by atoms with Gasteiger partial charge in [0.15, 0.2) is 5.11 Å². The van der Waals surface area contributed by atoms with E-state index in [1.165, 1.54) is 24.5 Å². The van der Waals surface area contributed by atoms with Gasteiger partial charge in [0.05, 0.1) is 12.0 Å². The number of amides is 1. The van der Waals surface area contributed by atoms with Crippen LogP contribution in [-0.2, 0) is 4.79 Å². The van der Waals surface area contributed by atoms with Gasteiger partial charge in [-0.2, -0.15) is 0 Å². The lowest BCUT2D eigenvalue weighted by Crippen LogP contribution is -2.31. The number of para-hydroxylation sites is 1. The first-order valence-electron chi connectivity index (χ1n) is 5.82. The Kier molecular flexibility index (Phi) is 3.08. The van der Waals surface area contributed by atoms with E-state index in [1.807, 2.05) is 0 Å². The summed E-state index contributed by atoms with van der Waals surface area (Å²) in [4.78, 5) is 13.4. The molecule has 3 rings (SSSR count). The number of thiocarbonyl (C=S) groups is 1. The summed E-state index contributed by atoms with van der Waals surface area (Å²) in [6.45, 7) is 0. The number of nitrogens with one attached hydrogen (secondary N) is 1. The Morgan fingerprint density at radius 2 is 2.05 bits per heavy atom. The van der Waals surface area contributed by atoms with Crippen LogP contribution in [0.5, 0.6) is 0 Å². The number of anilines is 1. The smallest absolute Gasteiger partial charge is 0.281 e. The summed E-state index contributed by atoms with van der Waals surface area (Å²) in [6.07, 6.45) is 3.02. The number of rotatable bonds is 2. The molecule has 0 unspecified atom stereocenters. The highest BCUT2D eigenvalue weighted by atomic mass is 32.1. The number of nitrogens with zero attached hydrogens (tertiary/aromatic N) is 1. The Morgan fingerprint density at radius 1 is 1.25 bits per heavy atom. The minimum absolute atomic E-state index is 0.123. The Hall–Kier alpha value is -2.47. The minimum Gasteiger partial charge on any atom is -0.465 e. The second-order valence-corrected chi connectivity index (χ2v) is 4.48. The Labute approximate surface area is 119 Å². The molecule has 100 valence electrons. The van der Waals surface area contributed by atoms with Crippen molar-refractivity contribution in [3.63, 3.8) is 0 Å². The molecule has 2 heterocycles. The zero-order chi connectivity index (χ0) is 14.1. The van der Waals surface area contributed by atoms with Crippen molar-refractivity contribution >= 4 is 35.0 Å². The fourth-order valence-corrected chi connectivity index (χ4v) is 2.19. The lowest BCUT2D eigenvalue weighted by molar-refractivity contribution is -0.113. The number of furan rings is 1. The van der Waals surface area contributed by atoms with Crippen molar-refractivity contribution in [1.29, 1.82) is 0 Å². The molecule has 4 nitrogen and oxygen atoms in total. The predicted molar refractivity (Wildman–Crippen MR) is 76.3 cm³/mol. The van der Waals surface area contributed by atoms with Crippen LogP contribution in [0.15, 0.2) is 52.8 Å². The van der Waals surface area contributed by atoms with E-state index in [-0.39, 0.29) is 16.5 Å². The van der Waals surface area contributed by atoms with Gasteiger partial charge in [-0.1, -0.05) is 12.1 Å². The molecular formula is C14H9FN2O2S. The molecule has 2 aromatic rings. The fraction of sp³-hybridized carbons (Fsp3) is 0. The van der Waals surface area contributed by atoms with Crippen molar-refractivity contribution in [2.24, 2.45) is 0 Å². The van der Waals surface area contributed by atoms with E-state index in [0.29, 0.717) is 5.76 Å². The summed E-state index contributed by atoms with van der Waals surface area (Å²) < 4.78 is 18.9. The second kappa shape index (κ2) is 4.90. The quantitative estimate of drug-likeness (QED) is 0.681. The number of hydrogen-bond acceptors (Lipinski definition) is 3. The molecule has 0 radical (unpaired) electrons. The van der Waals surface area contributed by atoms with Crippen molar-refractivity contribution < 1.29 is 13.6 Å². The lowest BCUT2D eigenvalue weighted by Gasteiger charge is -2.14. The molecule has 0 bridgehead atoms. The average molecular weight is 288 g/mol. The van der Waals surface area contributed by atoms with E-state index in [9.17, 15) is 9.18 Å². The first-order chi connectivity index (χ1) is 9.66. The molecule has 1 fully saturated rings. The number of carbonyl (C=O) groups is 1. The monoisotopic (exact) mass is 288 g/mol. The topological polar surface area (TPSA) is 45.5 Å². The van der Waals surface area contributed by atoms with Crippen molar-refractivity contribution in [1.82, 2.24) is 5.32 Å². The van der Waals surface area contributed by atoms with Gasteiger partial charge in [0, 0.05) is 6.08 Å². The molecule has 0 saturated carbocycles. The summed E-state index contributed by atoms with van der Waals surface area (Å²) in [5.74, 6) is -0.417. The maximum absolute atomic E-state index is 13.8. The van der Waals surface area contributed by atoms with Crippen LogP contribution in [-0.4, -0.2) is 11.0 Å². The number of benzene rings is 1. The maximum atomic E-state index is 13.8. The van der Waals surface area contributed by atoms with Gasteiger partial charge in [-0.15, -0.1) is 0 Å². The average Bonchev–Trinajstić information content (AvgIpc) is 3.01. The van der Waals surface area contributed by atoms with Crippen LogP contribution >= 0.6 is 12.2 Å². The molecule has 1 N–H and O–H groups in total. The Balaban J connectivity index is 1.98. The van der Waals surface area contributed by atoms with Gasteiger partial charge in [0.2, 0.25) is 0 Å². The molecule has 1 aromatic heterocycles. The van der Waals surface area contributed by atoms with Gasteiger partial charge >= 0.3 is 0 Å². The standard InChI is InChI=1S/C14H9FN2O2S/c15-10-5-1-2-6-12(10)17-13(18)11(16-14(17)20)8-9-4-3-7-19-9/h1-8H,(H,16,20)/b11-8-. The van der Waals surface area contributed by atoms with Gasteiger partial charge in [0.1, 0.15) is 17.3 Å². The van der Waals surface area contributed by atoms with Crippen LogP contribution in [0.3, 0.4) is 0 Å². The van der Waals surface area contributed by atoms with E-state index in [0.717, 1.165) is 4.90 Å². The third-order valence-electron chi connectivity index (χ3n) is 2.80. The third kappa shape index (κ3) is 2.10. The fourth-order valence-electron chi connectivity index (χ4n) is 1.90. The van der Waals surface area contributed by atoms with Gasteiger partial charge < -0.3 is 9.73 Å². The van der Waals surface area contributed by atoms with E-state index in [4.69, 9.17) is 16.6 Å². The summed E-state index contributed by atoms with van der Waals surface area (Å²) >= 11 is 5.09. The predicted octanol–water partition coefficient (Wildman–Crippen LogP) is 2.68. The molecular weight excluding hydrogens is 279 g/mol. The van der Waals surface area contributed by atoms with Crippen LogP contribution in [0.1, 0.15) is 5.76 Å². The minimum atomic E-state index is -0.510. The number of hydrogen-bond donors (Lipinski definition) is 1. The molecule has 0 atom stereocenters. The van der Waals surface area contributed by atoms with Gasteiger partial charge in [0.25, 0.3) is 5.91 Å². The highest BCUT2D eigenvalue weighted by molar-refractivity contribution is 7.80. The molecule has 6 heteroatoms. The zero-order valence-corrected chi connectivity index (χ0v) is 11.0. The van der Waals surface area contributed by atoms with Crippen LogP contribution < -0.4 is 10.2 Å². The summed E-state index contributed by atoms with van der Waals surface area (Å²) in [5.41, 5.74) is 0.367. The summed E-state index contributed by atoms with van der Waals surface area (Å²) in [7, 11) is 0. The molecule has 1 aromatic carbocycles. The first kappa shape index (κ1) is 12.6. The zero-order valence-electron chi connectivity index (χ0n) is 10.2. The Morgan fingerprint density at radius 3 is 2.75 bits per heavy atom. The lowest BCUT2D eigenvalue weighted by atomic mass is 10.2. The van der Waals surface area contributed by atoms with Crippen LogP contribution in [0.4, 0.5) is 10.1 Å². The molecule has 20 heavy (non-hydrogen) atoms. The van der Waals surface area contributed by atoms with Crippen LogP contribution in [0.2, 0.25) is 0 Å². The van der Waals surface area contributed by atoms with E-state index >= 15 is 0 Å². The SMILES string of the molecule is O=C1/C(=C/c2ccco2)NC(=S)N1c1ccccc1F. The normalized spacial score (nSPS) is 16.9. The van der Waals surface area contributed by atoms with Gasteiger partial charge in [-0.3, -0.25) is 4.79 Å². The third-order valence-corrected chi connectivity index (χ3v) is 3.09. The highest BCUT2D eigenvalue weighted by Crippen LogP contribution is 2.24. The van der Waals surface area contributed by atoms with E-state index in [1.54, 1.807) is 24.3 Å². The summed E-state index contributed by atoms with van der Waals surface area (Å²) in [5, 5.41) is 2.90. The van der Waals surface area contributed by atoms with Crippen LogP contribution in [0, 0.1) is 5.82 Å². The van der Waals surface area contributed by atoms with Crippen molar-refractivity contribution in [3.8, 4) is 0 Å². The maximum Gasteiger partial charge on any atom is 0.281 e. The highest BCUT2D eigenvalue weighted by Gasteiger charge is 2.33. The molecule has 0 spiro atoms. The largest absolute Gasteiger partial charge is 0.465 e. The van der Waals surface area contributed by atoms with Crippen LogP contribution in [0.25, 0.3) is 6.08 Å². The van der Waals surface area contributed by atoms with E-state index < -0.39 is 11.7 Å². The van der Waals surface area contributed by atoms with Crippen molar-refractivity contribution in [2.75, 3.05) is 4.90 Å². The summed E-state index contributed by atoms with van der Waals surface area (Å²) in [6, 6.07) is 9.38. The van der Waals surface area contributed by atoms with Gasteiger partial charge in [-0.25, -0.2) is 9.29 Å². The molecule has 1 aliphatic heterocycles. The number of halogens is 1. The molecule has 1 amide bonds. The Bertz CT molecular complexity index is 710. The van der Waals surface area contributed by atoms with Crippen molar-refractivity contribution in [3.05, 3.63) is 59.9 Å². The van der Waals surface area contributed by atoms with Gasteiger partial charge in [-0.05, 0) is 36.5 Å². The molecule has 1 saturated heterocycles. The second-order valence-electron chi connectivity index (χ2n) is 4.10. The first-order valence-corrected chi connectivity index (χ1v) is 6.23. The van der Waals surface area contributed by atoms with Crippen molar-refractivity contribution in [2.45, 2.75) is 0 Å². The molecule has 0 aliphatic carbocycles. The number of carbonyl (C=O) groups excluding carboxylic acids is 1. The molecule has 1 aliphatic rings. The van der Waals surface area contributed by atoms with E-state index in [2.05, 4.69) is 5.32 Å².